The summed E-state index contributed by atoms with van der Waals surface area (Å²) in [6, 6.07) is 8.10. The molecule has 3 aromatic rings. The van der Waals surface area contributed by atoms with E-state index in [1.165, 1.54) is 24.7 Å². The second-order valence-electron chi connectivity index (χ2n) is 5.95. The molecular weight excluding hydrogens is 340 g/mol. The lowest BCUT2D eigenvalue weighted by atomic mass is 9.76. The van der Waals surface area contributed by atoms with Crippen molar-refractivity contribution in [2.45, 2.75) is 24.9 Å². The second-order valence-corrected chi connectivity index (χ2v) is 5.95. The maximum Gasteiger partial charge on any atom is 0.153 e. The van der Waals surface area contributed by atoms with Crippen LogP contribution in [0.5, 0.6) is 0 Å². The van der Waals surface area contributed by atoms with Crippen LogP contribution in [0.15, 0.2) is 42.9 Å². The molecule has 0 amide bonds. The van der Waals surface area contributed by atoms with Crippen molar-refractivity contribution in [1.82, 2.24) is 20.2 Å². The van der Waals surface area contributed by atoms with Crippen LogP contribution in [-0.4, -0.2) is 25.3 Å². The zero-order valence-corrected chi connectivity index (χ0v) is 13.8. The van der Waals surface area contributed by atoms with Crippen molar-refractivity contribution in [2.75, 3.05) is 0 Å². The molecule has 8 heteroatoms. The Morgan fingerprint density at radius 3 is 2.73 bits per heavy atom. The van der Waals surface area contributed by atoms with E-state index in [0.717, 1.165) is 12.1 Å². The third-order valence-corrected chi connectivity index (χ3v) is 4.40. The maximum absolute atomic E-state index is 14.5. The molecule has 3 rings (SSSR count). The molecule has 0 aliphatic carbocycles. The Morgan fingerprint density at radius 2 is 2.08 bits per heavy atom. The smallest absolute Gasteiger partial charge is 0.153 e. The van der Waals surface area contributed by atoms with Gasteiger partial charge in [-0.2, -0.15) is 10.4 Å². The number of nitrogens with zero attached hydrogens (tertiary/aromatic N) is 4. The number of hydrogen-bond acceptors (Lipinski definition) is 5. The fourth-order valence-corrected chi connectivity index (χ4v) is 2.94. The van der Waals surface area contributed by atoms with Gasteiger partial charge in [0.15, 0.2) is 5.82 Å². The summed E-state index contributed by atoms with van der Waals surface area (Å²) in [6.07, 6.45) is 2.69. The van der Waals surface area contributed by atoms with Crippen LogP contribution in [0.4, 0.5) is 8.78 Å². The predicted octanol–water partition coefficient (Wildman–Crippen LogP) is 2.58. The van der Waals surface area contributed by atoms with Crippen molar-refractivity contribution in [3.8, 4) is 6.07 Å². The van der Waals surface area contributed by atoms with Crippen LogP contribution >= 0.6 is 0 Å². The second kappa shape index (κ2) is 6.98. The summed E-state index contributed by atoms with van der Waals surface area (Å²) in [7, 11) is 0. The first kappa shape index (κ1) is 17.6. The van der Waals surface area contributed by atoms with Crippen LogP contribution in [0.2, 0.25) is 0 Å². The van der Waals surface area contributed by atoms with Crippen molar-refractivity contribution in [2.24, 2.45) is 0 Å². The SMILES string of the molecule is CC(c1ccnc(C#N)c1)C(O)(Cc1nc[nH]n1)c1ccc(F)cc1F. The summed E-state index contributed by atoms with van der Waals surface area (Å²) in [5.74, 6) is -1.99. The van der Waals surface area contributed by atoms with Gasteiger partial charge >= 0.3 is 0 Å². The summed E-state index contributed by atoms with van der Waals surface area (Å²) >= 11 is 0. The largest absolute Gasteiger partial charge is 0.384 e. The lowest BCUT2D eigenvalue weighted by molar-refractivity contribution is 0.00739. The summed E-state index contributed by atoms with van der Waals surface area (Å²) in [5, 5.41) is 27.0. The summed E-state index contributed by atoms with van der Waals surface area (Å²) < 4.78 is 27.8. The number of H-pyrrole nitrogens is 1. The molecule has 132 valence electrons. The average molecular weight is 355 g/mol. The minimum absolute atomic E-state index is 0.0773. The van der Waals surface area contributed by atoms with E-state index in [0.29, 0.717) is 5.56 Å². The van der Waals surface area contributed by atoms with Gasteiger partial charge in [0.25, 0.3) is 0 Å². The number of aliphatic hydroxyl groups is 1. The Morgan fingerprint density at radius 1 is 1.27 bits per heavy atom. The molecule has 0 aliphatic rings. The molecule has 0 radical (unpaired) electrons. The van der Waals surface area contributed by atoms with Crippen LogP contribution < -0.4 is 0 Å². The first-order chi connectivity index (χ1) is 12.4. The van der Waals surface area contributed by atoms with E-state index in [1.54, 1.807) is 13.0 Å². The topological polar surface area (TPSA) is 98.5 Å². The molecule has 2 unspecified atom stereocenters. The first-order valence-corrected chi connectivity index (χ1v) is 7.82. The van der Waals surface area contributed by atoms with Crippen molar-refractivity contribution < 1.29 is 13.9 Å². The molecule has 2 aromatic heterocycles. The number of benzene rings is 1. The standard InChI is InChI=1S/C18H15F2N5O/c1-11(12-4-5-22-14(6-12)9-21)18(26,8-17-23-10-24-25-17)15-3-2-13(19)7-16(15)20/h2-7,10-11,26H,8H2,1H3,(H,23,24,25). The number of nitriles is 1. The Labute approximate surface area is 148 Å². The van der Waals surface area contributed by atoms with Gasteiger partial charge in [0.1, 0.15) is 35.3 Å². The Kier molecular flexibility index (Phi) is 4.73. The van der Waals surface area contributed by atoms with Crippen LogP contribution in [0.3, 0.4) is 0 Å². The molecule has 0 spiro atoms. The lowest BCUT2D eigenvalue weighted by Crippen LogP contribution is -2.36. The summed E-state index contributed by atoms with van der Waals surface area (Å²) in [6.45, 7) is 1.69. The lowest BCUT2D eigenvalue weighted by Gasteiger charge is -2.34. The van der Waals surface area contributed by atoms with Crippen molar-refractivity contribution >= 4 is 0 Å². The van der Waals surface area contributed by atoms with E-state index >= 15 is 0 Å². The fraction of sp³-hybridized carbons (Fsp3) is 0.222. The van der Waals surface area contributed by atoms with Gasteiger partial charge in [-0.05, 0) is 23.8 Å². The molecule has 0 saturated carbocycles. The minimum Gasteiger partial charge on any atom is -0.384 e. The van der Waals surface area contributed by atoms with E-state index < -0.39 is 23.2 Å². The highest BCUT2D eigenvalue weighted by Gasteiger charge is 2.40. The quantitative estimate of drug-likeness (QED) is 0.733. The zero-order chi connectivity index (χ0) is 18.7. The highest BCUT2D eigenvalue weighted by Crippen LogP contribution is 2.40. The van der Waals surface area contributed by atoms with Crippen molar-refractivity contribution in [3.63, 3.8) is 0 Å². The van der Waals surface area contributed by atoms with E-state index in [9.17, 15) is 13.9 Å². The molecule has 0 aliphatic heterocycles. The van der Waals surface area contributed by atoms with Gasteiger partial charge in [-0.25, -0.2) is 18.7 Å². The molecule has 26 heavy (non-hydrogen) atoms. The molecule has 0 fully saturated rings. The number of aromatic nitrogens is 4. The Hall–Kier alpha value is -3.18. The molecule has 1 aromatic carbocycles. The summed E-state index contributed by atoms with van der Waals surface area (Å²) in [5.41, 5.74) is -1.09. The highest BCUT2D eigenvalue weighted by molar-refractivity contribution is 5.35. The monoisotopic (exact) mass is 355 g/mol. The number of nitrogens with one attached hydrogen (secondary N) is 1. The number of hydrogen-bond donors (Lipinski definition) is 2. The number of aromatic amines is 1. The van der Waals surface area contributed by atoms with E-state index in [1.807, 2.05) is 6.07 Å². The maximum atomic E-state index is 14.5. The zero-order valence-electron chi connectivity index (χ0n) is 13.8. The van der Waals surface area contributed by atoms with Gasteiger partial charge in [-0.3, -0.25) is 5.10 Å². The molecule has 6 nitrogen and oxygen atoms in total. The normalized spacial score (nSPS) is 14.4. The van der Waals surface area contributed by atoms with Gasteiger partial charge < -0.3 is 5.11 Å². The van der Waals surface area contributed by atoms with Gasteiger partial charge in [0, 0.05) is 30.2 Å². The minimum atomic E-state index is -1.77. The van der Waals surface area contributed by atoms with E-state index in [-0.39, 0.29) is 23.5 Å². The molecule has 0 bridgehead atoms. The molecular formula is C18H15F2N5O. The van der Waals surface area contributed by atoms with Crippen LogP contribution in [0.1, 0.15) is 35.5 Å². The van der Waals surface area contributed by atoms with E-state index in [4.69, 9.17) is 5.26 Å². The number of pyridine rings is 1. The van der Waals surface area contributed by atoms with Crippen molar-refractivity contribution in [3.05, 3.63) is 77.1 Å². The van der Waals surface area contributed by atoms with Crippen LogP contribution in [0, 0.1) is 23.0 Å². The predicted molar refractivity (Wildman–Crippen MR) is 87.7 cm³/mol. The van der Waals surface area contributed by atoms with Gasteiger partial charge in [0.2, 0.25) is 0 Å². The van der Waals surface area contributed by atoms with Gasteiger partial charge in [0.05, 0.1) is 0 Å². The van der Waals surface area contributed by atoms with Crippen LogP contribution in [0.25, 0.3) is 0 Å². The summed E-state index contributed by atoms with van der Waals surface area (Å²) in [4.78, 5) is 7.90. The van der Waals surface area contributed by atoms with Crippen LogP contribution in [-0.2, 0) is 12.0 Å². The molecule has 2 heterocycles. The number of rotatable bonds is 5. The average Bonchev–Trinajstić information content (AvgIpc) is 3.13. The first-order valence-electron chi connectivity index (χ1n) is 7.82. The molecule has 2 atom stereocenters. The van der Waals surface area contributed by atoms with Gasteiger partial charge in [-0.15, -0.1) is 0 Å². The van der Waals surface area contributed by atoms with Crippen molar-refractivity contribution in [1.29, 1.82) is 5.26 Å². The fourth-order valence-electron chi connectivity index (χ4n) is 2.94. The van der Waals surface area contributed by atoms with E-state index in [2.05, 4.69) is 20.2 Å². The third-order valence-electron chi connectivity index (χ3n) is 4.40. The number of halogens is 2. The third kappa shape index (κ3) is 3.30. The van der Waals surface area contributed by atoms with Gasteiger partial charge in [-0.1, -0.05) is 13.0 Å². The Bertz CT molecular complexity index is 954. The Balaban J connectivity index is 2.11. The molecule has 0 saturated heterocycles. The molecule has 2 N–H and O–H groups in total. The highest BCUT2D eigenvalue weighted by atomic mass is 19.1.